The Morgan fingerprint density at radius 1 is 0.475 bits per heavy atom. The van der Waals surface area contributed by atoms with Crippen LogP contribution in [0.4, 0.5) is 0 Å². The monoisotopic (exact) mass is 990 g/mol. The number of rotatable bonds is 10. The molecular weight excluding hydrogens is 926 g/mol. The molecule has 0 fully saturated rings. The summed E-state index contributed by atoms with van der Waals surface area (Å²) in [6, 6.07) is 0. The fourth-order valence-electron chi connectivity index (χ4n) is 10.3. The molecule has 40 heavy (non-hydrogen) atoms. The zero-order valence-electron chi connectivity index (χ0n) is 30.5. The molecule has 0 aromatic carbocycles. The van der Waals surface area contributed by atoms with E-state index >= 15 is 0 Å². The van der Waals surface area contributed by atoms with Crippen LogP contribution < -0.4 is 34.0 Å². The summed E-state index contributed by atoms with van der Waals surface area (Å²) in [5.74, 6) is 0. The first-order chi connectivity index (χ1) is 15.8. The molecule has 1 aliphatic carbocycles. The fraction of sp³-hybridized carbons (Fsp3) is 0.800. The van der Waals surface area contributed by atoms with E-state index < -0.39 is 56.5 Å². The average Bonchev–Trinajstić information content (AvgIpc) is 2.43. The minimum Gasteiger partial charge on any atom is -1.00 e. The van der Waals surface area contributed by atoms with E-state index in [2.05, 4.69) is 156 Å². The number of hydrogen-bond acceptors (Lipinski definition) is 0. The Kier molecular flexibility index (Phi) is 17.1. The predicted molar refractivity (Wildman–Crippen MR) is 202 cm³/mol. The van der Waals surface area contributed by atoms with E-state index in [0.29, 0.717) is 4.28 Å². The molecule has 0 spiro atoms. The first-order valence-electron chi connectivity index (χ1n) is 14.9. The van der Waals surface area contributed by atoms with Crippen LogP contribution in [0.2, 0.25) is 152 Å². The molecule has 0 aromatic heterocycles. The fourth-order valence-corrected chi connectivity index (χ4v) is 65.5. The second kappa shape index (κ2) is 14.6. The van der Waals surface area contributed by atoms with Crippen molar-refractivity contribution in [1.29, 1.82) is 0 Å². The largest absolute Gasteiger partial charge is 2.00 e. The van der Waals surface area contributed by atoms with Crippen molar-refractivity contribution in [1.82, 2.24) is 0 Å². The van der Waals surface area contributed by atoms with Gasteiger partial charge in [0.05, 0.1) is 16.1 Å². The second-order valence-electron chi connectivity index (χ2n) is 19.6. The van der Waals surface area contributed by atoms with Crippen LogP contribution in [0.5, 0.6) is 0 Å². The van der Waals surface area contributed by atoms with Crippen molar-refractivity contribution >= 4 is 82.7 Å². The van der Waals surface area contributed by atoms with Gasteiger partial charge in [-0.25, -0.2) is 0 Å². The van der Waals surface area contributed by atoms with E-state index in [-0.39, 0.29) is 60.2 Å². The maximum absolute atomic E-state index is 4.32. The SMILES string of the molecule is C[Si](C)(C)C(C1=C=C(C([Si](C)(C)C)[Si](C)(C)C)C=C(C([Si](C)(C)C)([Si](C)(C)C)[Si](C)(C)C)[CH]1)[Si](C)(C)C.[Bi+2].[Br-].[Br-]. The summed E-state index contributed by atoms with van der Waals surface area (Å²) >= 11 is 0. The molecule has 0 amide bonds. The molecule has 1 rings (SSSR count). The van der Waals surface area contributed by atoms with Crippen LogP contribution in [0.25, 0.3) is 0 Å². The molecule has 0 N–H and O–H groups in total. The molecule has 4 radical (unpaired) electrons. The van der Waals surface area contributed by atoms with Crippen LogP contribution in [0, 0.1) is 6.42 Å². The van der Waals surface area contributed by atoms with E-state index in [1.807, 2.05) is 0 Å². The topological polar surface area (TPSA) is 0 Å². The normalized spacial score (nSPS) is 16.4. The average molecular weight is 993 g/mol. The van der Waals surface area contributed by atoms with Gasteiger partial charge < -0.3 is 34.0 Å². The van der Waals surface area contributed by atoms with Crippen molar-refractivity contribution in [2.45, 2.75) is 152 Å². The first kappa shape index (κ1) is 47.0. The van der Waals surface area contributed by atoms with Gasteiger partial charge in [0.25, 0.3) is 0 Å². The van der Waals surface area contributed by atoms with E-state index in [4.69, 9.17) is 0 Å². The molecule has 0 saturated carbocycles. The Morgan fingerprint density at radius 2 is 0.725 bits per heavy atom. The summed E-state index contributed by atoms with van der Waals surface area (Å²) in [5, 5.41) is 1.48. The molecule has 0 aliphatic heterocycles. The molecule has 1 aliphatic rings. The maximum atomic E-state index is 4.32. The van der Waals surface area contributed by atoms with Gasteiger partial charge in [0.1, 0.15) is 0 Å². The molecule has 234 valence electrons. The third-order valence-corrected chi connectivity index (χ3v) is 48.5. The van der Waals surface area contributed by atoms with Gasteiger partial charge in [0.2, 0.25) is 0 Å². The van der Waals surface area contributed by atoms with Crippen molar-refractivity contribution in [3.05, 3.63) is 34.9 Å². The summed E-state index contributed by atoms with van der Waals surface area (Å²) in [4.78, 5) is 0. The molecule has 0 heterocycles. The summed E-state index contributed by atoms with van der Waals surface area (Å²) in [6.45, 7) is 56.0. The summed E-state index contributed by atoms with van der Waals surface area (Å²) in [7, 11) is -10.6. The van der Waals surface area contributed by atoms with Gasteiger partial charge in [-0.1, -0.05) is 149 Å². The maximum Gasteiger partial charge on any atom is 2.00 e. The van der Waals surface area contributed by atoms with Crippen LogP contribution in [0.15, 0.2) is 28.5 Å². The van der Waals surface area contributed by atoms with Gasteiger partial charge in [-0.05, 0) is 25.8 Å². The van der Waals surface area contributed by atoms with Crippen LogP contribution in [0.3, 0.4) is 0 Å². The Labute approximate surface area is 300 Å². The van der Waals surface area contributed by atoms with E-state index in [1.54, 1.807) is 16.7 Å². The Bertz CT molecular complexity index is 885. The quantitative estimate of drug-likeness (QED) is 0.209. The smallest absolute Gasteiger partial charge is 1.00 e. The second-order valence-corrected chi connectivity index (χ2v) is 59.3. The first-order valence-corrected chi connectivity index (χ1v) is 39.7. The van der Waals surface area contributed by atoms with Gasteiger partial charge in [-0.2, -0.15) is 0 Å². The Balaban J connectivity index is -0.00000456. The van der Waals surface area contributed by atoms with E-state index in [9.17, 15) is 0 Å². The van der Waals surface area contributed by atoms with Gasteiger partial charge in [-0.15, -0.1) is 5.73 Å². The Morgan fingerprint density at radius 3 is 0.950 bits per heavy atom. The van der Waals surface area contributed by atoms with Crippen molar-refractivity contribution < 1.29 is 34.0 Å². The Hall–Kier alpha value is 2.62. The van der Waals surface area contributed by atoms with E-state index in [1.165, 1.54) is 0 Å². The third-order valence-electron chi connectivity index (χ3n) is 8.80. The molecule has 0 unspecified atom stereocenters. The van der Waals surface area contributed by atoms with Crippen molar-refractivity contribution in [3.8, 4) is 0 Å². The van der Waals surface area contributed by atoms with E-state index in [0.717, 1.165) is 10.3 Å². The van der Waals surface area contributed by atoms with Crippen LogP contribution in [0.1, 0.15) is 0 Å². The molecule has 0 nitrogen and oxygen atoms in total. The molecule has 0 bridgehead atoms. The molecular formula is C30H67BiBr2Si7. The summed E-state index contributed by atoms with van der Waals surface area (Å²) in [6.07, 6.45) is 5.59. The van der Waals surface area contributed by atoms with Crippen molar-refractivity contribution in [2.24, 2.45) is 0 Å². The minimum absolute atomic E-state index is 0. The zero-order chi connectivity index (χ0) is 30.0. The van der Waals surface area contributed by atoms with Crippen molar-refractivity contribution in [2.75, 3.05) is 0 Å². The van der Waals surface area contributed by atoms with Gasteiger partial charge in [0, 0.05) is 46.8 Å². The van der Waals surface area contributed by atoms with Crippen LogP contribution >= 0.6 is 0 Å². The minimum atomic E-state index is -1.59. The van der Waals surface area contributed by atoms with Crippen LogP contribution in [-0.4, -0.2) is 82.7 Å². The predicted octanol–water partition coefficient (Wildman–Crippen LogP) is 5.21. The molecule has 0 atom stereocenters. The van der Waals surface area contributed by atoms with Gasteiger partial charge >= 0.3 is 26.2 Å². The molecule has 0 aromatic rings. The number of halogens is 2. The zero-order valence-corrected chi connectivity index (χ0v) is 44.2. The number of allylic oxidation sites excluding steroid dienone is 3. The standard InChI is InChI=1S/C30H67Si7.Bi.2BrH/c1-31(2,3)28(32(4,5)6)25-22-26(29(33(7,8)9)34(10,11)12)24-27(23-25)30(35(13,14)15,36(16,17)18)37(19,20)21;;;/h23-24,28-29H,1-21H3;;2*1H/q;+2;;/p-2. The van der Waals surface area contributed by atoms with Gasteiger partial charge in [0.15, 0.2) is 0 Å². The molecule has 0 saturated heterocycles. The summed E-state index contributed by atoms with van der Waals surface area (Å²) < 4.78 is 0.415. The summed E-state index contributed by atoms with van der Waals surface area (Å²) in [5.41, 5.74) is 9.36. The van der Waals surface area contributed by atoms with Crippen molar-refractivity contribution in [3.63, 3.8) is 0 Å². The number of hydrogen-bond donors (Lipinski definition) is 0. The van der Waals surface area contributed by atoms with Gasteiger partial charge in [-0.3, -0.25) is 0 Å². The van der Waals surface area contributed by atoms with Crippen LogP contribution in [-0.2, 0) is 0 Å². The molecule has 10 heteroatoms. The third kappa shape index (κ3) is 10.1.